The molecule has 4 N–H and O–H groups in total. The number of hydrogen-bond acceptors (Lipinski definition) is 3. The SMILES string of the molecule is NC(=S)NN=Cc1c(O)cc(F)cc1Br. The van der Waals surface area contributed by atoms with E-state index in [0.717, 1.165) is 6.07 Å². The average Bonchev–Trinajstić information content (AvgIpc) is 2.08. The minimum absolute atomic E-state index is 0.00368. The second-order valence-corrected chi connectivity index (χ2v) is 3.85. The molecule has 1 aromatic rings. The summed E-state index contributed by atoms with van der Waals surface area (Å²) in [5, 5.41) is 13.0. The third-order valence-electron chi connectivity index (χ3n) is 1.44. The van der Waals surface area contributed by atoms with Crippen LogP contribution in [0.1, 0.15) is 5.56 Å². The molecule has 0 bridgehead atoms. The Kier molecular flexibility index (Phi) is 3.98. The van der Waals surface area contributed by atoms with Gasteiger partial charge in [-0.15, -0.1) is 0 Å². The summed E-state index contributed by atoms with van der Waals surface area (Å²) < 4.78 is 13.2. The third kappa shape index (κ3) is 3.45. The number of nitrogens with zero attached hydrogens (tertiary/aromatic N) is 1. The molecule has 0 saturated carbocycles. The lowest BCUT2D eigenvalue weighted by molar-refractivity contribution is 0.467. The number of phenols is 1. The van der Waals surface area contributed by atoms with Crippen LogP contribution in [0.5, 0.6) is 5.75 Å². The van der Waals surface area contributed by atoms with Crippen molar-refractivity contribution in [1.82, 2.24) is 5.43 Å². The molecule has 1 aromatic carbocycles. The standard InChI is InChI=1S/C8H7BrFN3OS/c9-6-1-4(10)2-7(14)5(6)3-12-13-8(11)15/h1-3,14H,(H3,11,13,15). The van der Waals surface area contributed by atoms with E-state index in [1.165, 1.54) is 12.3 Å². The quantitative estimate of drug-likeness (QED) is 0.438. The molecular formula is C8H7BrFN3OS. The van der Waals surface area contributed by atoms with Crippen molar-refractivity contribution < 1.29 is 9.50 Å². The molecule has 0 aromatic heterocycles. The summed E-state index contributed by atoms with van der Waals surface area (Å²) in [4.78, 5) is 0. The van der Waals surface area contributed by atoms with Gasteiger partial charge in [-0.25, -0.2) is 4.39 Å². The van der Waals surface area contributed by atoms with Crippen LogP contribution >= 0.6 is 28.1 Å². The van der Waals surface area contributed by atoms with Crippen molar-refractivity contribution in [1.29, 1.82) is 0 Å². The molecule has 4 nitrogen and oxygen atoms in total. The number of thiocarbonyl (C=S) groups is 1. The van der Waals surface area contributed by atoms with Gasteiger partial charge in [0.15, 0.2) is 5.11 Å². The smallest absolute Gasteiger partial charge is 0.184 e. The normalized spacial score (nSPS) is 10.5. The Morgan fingerprint density at radius 3 is 2.87 bits per heavy atom. The summed E-state index contributed by atoms with van der Waals surface area (Å²) in [5.74, 6) is -0.769. The van der Waals surface area contributed by atoms with E-state index in [1.54, 1.807) is 0 Å². The molecule has 0 spiro atoms. The highest BCUT2D eigenvalue weighted by molar-refractivity contribution is 9.10. The summed E-state index contributed by atoms with van der Waals surface area (Å²) in [6.45, 7) is 0. The Labute approximate surface area is 99.1 Å². The van der Waals surface area contributed by atoms with Gasteiger partial charge in [0.2, 0.25) is 0 Å². The van der Waals surface area contributed by atoms with E-state index in [1.807, 2.05) is 0 Å². The van der Waals surface area contributed by atoms with Crippen molar-refractivity contribution in [3.8, 4) is 5.75 Å². The molecule has 0 saturated heterocycles. The van der Waals surface area contributed by atoms with E-state index in [2.05, 4.69) is 38.7 Å². The number of hydrogen-bond donors (Lipinski definition) is 3. The first kappa shape index (κ1) is 11.9. The van der Waals surface area contributed by atoms with Gasteiger partial charge in [-0.2, -0.15) is 5.10 Å². The van der Waals surface area contributed by atoms with Gasteiger partial charge in [0.25, 0.3) is 0 Å². The summed E-state index contributed by atoms with van der Waals surface area (Å²) in [6.07, 6.45) is 1.28. The largest absolute Gasteiger partial charge is 0.507 e. The fraction of sp³-hybridized carbons (Fsp3) is 0. The monoisotopic (exact) mass is 291 g/mol. The number of nitrogens with two attached hydrogens (primary N) is 1. The number of rotatable bonds is 2. The fourth-order valence-corrected chi connectivity index (χ4v) is 1.44. The number of aromatic hydroxyl groups is 1. The highest BCUT2D eigenvalue weighted by Crippen LogP contribution is 2.25. The Bertz CT molecular complexity index is 401. The van der Waals surface area contributed by atoms with Crippen molar-refractivity contribution in [2.24, 2.45) is 10.8 Å². The van der Waals surface area contributed by atoms with Gasteiger partial charge in [-0.1, -0.05) is 0 Å². The molecule has 0 aliphatic carbocycles. The second-order valence-electron chi connectivity index (χ2n) is 2.55. The van der Waals surface area contributed by atoms with Gasteiger partial charge in [0.05, 0.1) is 11.8 Å². The molecule has 0 atom stereocenters. The maximum atomic E-state index is 12.8. The zero-order chi connectivity index (χ0) is 11.4. The third-order valence-corrected chi connectivity index (χ3v) is 2.19. The molecule has 1 rings (SSSR count). The van der Waals surface area contributed by atoms with Crippen molar-refractivity contribution in [2.75, 3.05) is 0 Å². The lowest BCUT2D eigenvalue weighted by Crippen LogP contribution is -2.24. The van der Waals surface area contributed by atoms with Crippen LogP contribution in [0.3, 0.4) is 0 Å². The number of hydrazone groups is 1. The lowest BCUT2D eigenvalue weighted by atomic mass is 10.2. The predicted molar refractivity (Wildman–Crippen MR) is 63.3 cm³/mol. The van der Waals surface area contributed by atoms with Gasteiger partial charge in [-0.3, -0.25) is 5.43 Å². The first-order valence-electron chi connectivity index (χ1n) is 3.77. The molecule has 0 amide bonds. The van der Waals surface area contributed by atoms with E-state index >= 15 is 0 Å². The summed E-state index contributed by atoms with van der Waals surface area (Å²) in [5.41, 5.74) is 7.78. The minimum Gasteiger partial charge on any atom is -0.507 e. The zero-order valence-electron chi connectivity index (χ0n) is 7.37. The van der Waals surface area contributed by atoms with Gasteiger partial charge in [-0.05, 0) is 34.2 Å². The Hall–Kier alpha value is -1.21. The molecule has 0 radical (unpaired) electrons. The number of halogens is 2. The van der Waals surface area contributed by atoms with E-state index < -0.39 is 5.82 Å². The van der Waals surface area contributed by atoms with E-state index in [9.17, 15) is 9.50 Å². The number of benzene rings is 1. The van der Waals surface area contributed by atoms with Crippen LogP contribution in [0.2, 0.25) is 0 Å². The minimum atomic E-state index is -0.543. The van der Waals surface area contributed by atoms with E-state index in [4.69, 9.17) is 5.73 Å². The van der Waals surface area contributed by atoms with Gasteiger partial charge in [0, 0.05) is 10.5 Å². The summed E-state index contributed by atoms with van der Waals surface area (Å²) >= 11 is 7.60. The molecule has 0 aliphatic heterocycles. The fourth-order valence-electron chi connectivity index (χ4n) is 0.859. The topological polar surface area (TPSA) is 70.6 Å². The molecular weight excluding hydrogens is 285 g/mol. The van der Waals surface area contributed by atoms with Gasteiger partial charge >= 0.3 is 0 Å². The maximum Gasteiger partial charge on any atom is 0.184 e. The van der Waals surface area contributed by atoms with E-state index in [-0.39, 0.29) is 10.9 Å². The van der Waals surface area contributed by atoms with Crippen molar-refractivity contribution in [3.05, 3.63) is 28.0 Å². The predicted octanol–water partition coefficient (Wildman–Crippen LogP) is 1.46. The molecule has 80 valence electrons. The molecule has 0 unspecified atom stereocenters. The molecule has 0 heterocycles. The van der Waals surface area contributed by atoms with Gasteiger partial charge < -0.3 is 10.8 Å². The lowest BCUT2D eigenvalue weighted by Gasteiger charge is -2.02. The first-order valence-corrected chi connectivity index (χ1v) is 4.97. The van der Waals surface area contributed by atoms with Crippen LogP contribution in [0.25, 0.3) is 0 Å². The molecule has 0 aliphatic rings. The number of phenolic OH excluding ortho intramolecular Hbond substituents is 1. The Morgan fingerprint density at radius 1 is 1.67 bits per heavy atom. The van der Waals surface area contributed by atoms with Crippen LogP contribution < -0.4 is 11.2 Å². The average molecular weight is 292 g/mol. The molecule has 7 heteroatoms. The Morgan fingerprint density at radius 2 is 2.33 bits per heavy atom. The van der Waals surface area contributed by atoms with E-state index in [0.29, 0.717) is 10.0 Å². The highest BCUT2D eigenvalue weighted by Gasteiger charge is 2.06. The van der Waals surface area contributed by atoms with Crippen LogP contribution in [0, 0.1) is 5.82 Å². The summed E-state index contributed by atoms with van der Waals surface area (Å²) in [7, 11) is 0. The van der Waals surface area contributed by atoms with Crippen molar-refractivity contribution in [2.45, 2.75) is 0 Å². The van der Waals surface area contributed by atoms with Crippen LogP contribution in [0.15, 0.2) is 21.7 Å². The molecule has 0 fully saturated rings. The van der Waals surface area contributed by atoms with Crippen molar-refractivity contribution >= 4 is 39.5 Å². The van der Waals surface area contributed by atoms with Crippen LogP contribution in [-0.4, -0.2) is 16.4 Å². The first-order chi connectivity index (χ1) is 7.00. The summed E-state index contributed by atoms with van der Waals surface area (Å²) in [6, 6.07) is 2.19. The number of nitrogens with one attached hydrogen (secondary N) is 1. The molecule has 15 heavy (non-hydrogen) atoms. The van der Waals surface area contributed by atoms with Crippen LogP contribution in [-0.2, 0) is 0 Å². The van der Waals surface area contributed by atoms with Crippen LogP contribution in [0.4, 0.5) is 4.39 Å². The van der Waals surface area contributed by atoms with Crippen molar-refractivity contribution in [3.63, 3.8) is 0 Å². The highest BCUT2D eigenvalue weighted by atomic mass is 79.9. The van der Waals surface area contributed by atoms with Gasteiger partial charge in [0.1, 0.15) is 11.6 Å². The maximum absolute atomic E-state index is 12.8. The zero-order valence-corrected chi connectivity index (χ0v) is 9.77. The Balaban J connectivity index is 2.94. The second kappa shape index (κ2) is 5.04.